The van der Waals surface area contributed by atoms with Gasteiger partial charge in [-0.05, 0) is 39.0 Å². The van der Waals surface area contributed by atoms with Gasteiger partial charge in [-0.3, -0.25) is 10.4 Å². The summed E-state index contributed by atoms with van der Waals surface area (Å²) in [5, 5.41) is 9.93. The number of amides is 1. The molecule has 1 aromatic heterocycles. The molecule has 0 saturated carbocycles. The number of halogens is 1. The highest BCUT2D eigenvalue weighted by molar-refractivity contribution is 6.31. The number of carbonyl (C=O) groups is 1. The lowest BCUT2D eigenvalue weighted by atomic mass is 10.1. The summed E-state index contributed by atoms with van der Waals surface area (Å²) >= 11 is 6.00. The smallest absolute Gasteiger partial charge is 0.412 e. The zero-order valence-electron chi connectivity index (χ0n) is 11.5. The van der Waals surface area contributed by atoms with Gasteiger partial charge in [-0.2, -0.15) is 5.10 Å². The standard InChI is InChI=1S/C14H16ClN3O2/c1-14(2,3)20-13(19)18-12-5-4-10(15)6-11(12)9-7-16-17-8-9/h4-8H,1-3H3,(H,16,17)(H,18,19). The van der Waals surface area contributed by atoms with Gasteiger partial charge in [0, 0.05) is 22.3 Å². The first-order valence-electron chi connectivity index (χ1n) is 6.14. The average Bonchev–Trinajstić information content (AvgIpc) is 2.82. The van der Waals surface area contributed by atoms with Gasteiger partial charge in [-0.15, -0.1) is 0 Å². The van der Waals surface area contributed by atoms with Crippen LogP contribution in [-0.4, -0.2) is 21.9 Å². The van der Waals surface area contributed by atoms with Crippen LogP contribution in [-0.2, 0) is 4.74 Å². The molecule has 0 aliphatic carbocycles. The Kier molecular flexibility index (Phi) is 3.99. The summed E-state index contributed by atoms with van der Waals surface area (Å²) < 4.78 is 5.24. The van der Waals surface area contributed by atoms with Gasteiger partial charge in [0.05, 0.1) is 11.9 Å². The number of nitrogens with one attached hydrogen (secondary N) is 2. The minimum atomic E-state index is -0.549. The topological polar surface area (TPSA) is 67.0 Å². The van der Waals surface area contributed by atoms with Crippen LogP contribution in [0.4, 0.5) is 10.5 Å². The molecule has 1 heterocycles. The molecule has 5 nitrogen and oxygen atoms in total. The fourth-order valence-electron chi connectivity index (χ4n) is 1.68. The SMILES string of the molecule is CC(C)(C)OC(=O)Nc1ccc(Cl)cc1-c1cn[nH]c1. The van der Waals surface area contributed by atoms with Crippen molar-refractivity contribution in [2.45, 2.75) is 26.4 Å². The van der Waals surface area contributed by atoms with Crippen molar-refractivity contribution in [1.29, 1.82) is 0 Å². The highest BCUT2D eigenvalue weighted by atomic mass is 35.5. The first kappa shape index (κ1) is 14.4. The van der Waals surface area contributed by atoms with Gasteiger partial charge < -0.3 is 4.74 Å². The first-order valence-corrected chi connectivity index (χ1v) is 6.52. The van der Waals surface area contributed by atoms with E-state index < -0.39 is 11.7 Å². The Morgan fingerprint density at radius 1 is 1.40 bits per heavy atom. The normalized spacial score (nSPS) is 11.2. The molecule has 0 radical (unpaired) electrons. The van der Waals surface area contributed by atoms with Crippen LogP contribution >= 0.6 is 11.6 Å². The van der Waals surface area contributed by atoms with Crippen molar-refractivity contribution in [3.05, 3.63) is 35.6 Å². The number of aromatic amines is 1. The summed E-state index contributed by atoms with van der Waals surface area (Å²) in [4.78, 5) is 11.8. The summed E-state index contributed by atoms with van der Waals surface area (Å²) in [5.41, 5.74) is 1.67. The van der Waals surface area contributed by atoms with E-state index in [0.717, 1.165) is 11.1 Å². The maximum Gasteiger partial charge on any atom is 0.412 e. The molecule has 20 heavy (non-hydrogen) atoms. The van der Waals surface area contributed by atoms with Crippen LogP contribution in [0.2, 0.25) is 5.02 Å². The van der Waals surface area contributed by atoms with Crippen LogP contribution in [0.15, 0.2) is 30.6 Å². The Bertz CT molecular complexity index is 603. The van der Waals surface area contributed by atoms with Crippen molar-refractivity contribution in [3.8, 4) is 11.1 Å². The number of hydrogen-bond acceptors (Lipinski definition) is 3. The minimum absolute atomic E-state index is 0.510. The molecule has 0 bridgehead atoms. The molecule has 0 unspecified atom stereocenters. The molecule has 1 aromatic carbocycles. The lowest BCUT2D eigenvalue weighted by Gasteiger charge is -2.20. The lowest BCUT2D eigenvalue weighted by Crippen LogP contribution is -2.27. The van der Waals surface area contributed by atoms with E-state index in [1.54, 1.807) is 30.6 Å². The highest BCUT2D eigenvalue weighted by Gasteiger charge is 2.17. The number of hydrogen-bond donors (Lipinski definition) is 2. The zero-order valence-corrected chi connectivity index (χ0v) is 12.3. The van der Waals surface area contributed by atoms with E-state index in [-0.39, 0.29) is 0 Å². The summed E-state index contributed by atoms with van der Waals surface area (Å²) in [6.07, 6.45) is 2.88. The second kappa shape index (κ2) is 5.54. The molecule has 2 N–H and O–H groups in total. The summed E-state index contributed by atoms with van der Waals surface area (Å²) in [6.45, 7) is 5.43. The Morgan fingerprint density at radius 3 is 2.75 bits per heavy atom. The number of anilines is 1. The Labute approximate surface area is 122 Å². The van der Waals surface area contributed by atoms with Crippen LogP contribution in [0.3, 0.4) is 0 Å². The quantitative estimate of drug-likeness (QED) is 0.877. The molecular weight excluding hydrogens is 278 g/mol. The predicted octanol–water partition coefficient (Wildman–Crippen LogP) is 4.08. The van der Waals surface area contributed by atoms with Gasteiger partial charge in [0.15, 0.2) is 0 Å². The third-order valence-corrected chi connectivity index (χ3v) is 2.66. The van der Waals surface area contributed by atoms with Crippen LogP contribution in [0.1, 0.15) is 20.8 Å². The molecule has 0 spiro atoms. The van der Waals surface area contributed by atoms with Gasteiger partial charge in [-0.1, -0.05) is 11.6 Å². The number of H-pyrrole nitrogens is 1. The fourth-order valence-corrected chi connectivity index (χ4v) is 1.85. The number of rotatable bonds is 2. The van der Waals surface area contributed by atoms with Crippen molar-refractivity contribution >= 4 is 23.4 Å². The highest BCUT2D eigenvalue weighted by Crippen LogP contribution is 2.30. The largest absolute Gasteiger partial charge is 0.444 e. The number of ether oxygens (including phenoxy) is 1. The van der Waals surface area contributed by atoms with E-state index in [1.165, 1.54) is 0 Å². The Morgan fingerprint density at radius 2 is 2.15 bits per heavy atom. The van der Waals surface area contributed by atoms with E-state index in [1.807, 2.05) is 20.8 Å². The van der Waals surface area contributed by atoms with Gasteiger partial charge in [0.1, 0.15) is 5.60 Å². The second-order valence-corrected chi connectivity index (χ2v) is 5.74. The summed E-state index contributed by atoms with van der Waals surface area (Å²) in [5.74, 6) is 0. The molecule has 106 valence electrons. The average molecular weight is 294 g/mol. The molecule has 2 aromatic rings. The van der Waals surface area contributed by atoms with E-state index in [2.05, 4.69) is 15.5 Å². The molecule has 2 rings (SSSR count). The first-order chi connectivity index (χ1) is 9.35. The van der Waals surface area contributed by atoms with Crippen molar-refractivity contribution in [2.75, 3.05) is 5.32 Å². The van der Waals surface area contributed by atoms with E-state index in [4.69, 9.17) is 16.3 Å². The van der Waals surface area contributed by atoms with E-state index in [9.17, 15) is 4.79 Å². The fraction of sp³-hybridized carbons (Fsp3) is 0.286. The third kappa shape index (κ3) is 3.74. The zero-order chi connectivity index (χ0) is 14.8. The molecule has 0 fully saturated rings. The third-order valence-electron chi connectivity index (χ3n) is 2.43. The van der Waals surface area contributed by atoms with E-state index >= 15 is 0 Å². The predicted molar refractivity (Wildman–Crippen MR) is 78.9 cm³/mol. The number of nitrogens with zero attached hydrogens (tertiary/aromatic N) is 1. The van der Waals surface area contributed by atoms with Gasteiger partial charge in [0.2, 0.25) is 0 Å². The van der Waals surface area contributed by atoms with Crippen molar-refractivity contribution < 1.29 is 9.53 Å². The van der Waals surface area contributed by atoms with Crippen LogP contribution in [0, 0.1) is 0 Å². The number of benzene rings is 1. The van der Waals surface area contributed by atoms with Crippen molar-refractivity contribution in [1.82, 2.24) is 10.2 Å². The van der Waals surface area contributed by atoms with Crippen molar-refractivity contribution in [2.24, 2.45) is 0 Å². The number of aromatic nitrogens is 2. The van der Waals surface area contributed by atoms with Crippen molar-refractivity contribution in [3.63, 3.8) is 0 Å². The van der Waals surface area contributed by atoms with Crippen LogP contribution in [0.5, 0.6) is 0 Å². The Hall–Kier alpha value is -2.01. The monoisotopic (exact) mass is 293 g/mol. The van der Waals surface area contributed by atoms with Gasteiger partial charge in [-0.25, -0.2) is 4.79 Å². The summed E-state index contributed by atoms with van der Waals surface area (Å²) in [7, 11) is 0. The minimum Gasteiger partial charge on any atom is -0.444 e. The maximum absolute atomic E-state index is 11.8. The molecular formula is C14H16ClN3O2. The Balaban J connectivity index is 2.26. The molecule has 0 saturated heterocycles. The van der Waals surface area contributed by atoms with Gasteiger partial charge in [0.25, 0.3) is 0 Å². The van der Waals surface area contributed by atoms with Gasteiger partial charge >= 0.3 is 6.09 Å². The molecule has 0 atom stereocenters. The molecule has 6 heteroatoms. The number of carbonyl (C=O) groups excluding carboxylic acids is 1. The van der Waals surface area contributed by atoms with E-state index in [0.29, 0.717) is 10.7 Å². The molecule has 0 aliphatic heterocycles. The molecule has 0 aliphatic rings. The van der Waals surface area contributed by atoms with Crippen LogP contribution < -0.4 is 5.32 Å². The van der Waals surface area contributed by atoms with Crippen LogP contribution in [0.25, 0.3) is 11.1 Å². The maximum atomic E-state index is 11.8. The second-order valence-electron chi connectivity index (χ2n) is 5.30. The molecule has 1 amide bonds. The lowest BCUT2D eigenvalue weighted by molar-refractivity contribution is 0.0636. The summed E-state index contributed by atoms with van der Waals surface area (Å²) in [6, 6.07) is 5.20.